The molecular formula is C19H19N3O2S. The Kier molecular flexibility index (Phi) is 5.40. The second-order valence-electron chi connectivity index (χ2n) is 5.55. The maximum absolute atomic E-state index is 12.5. The van der Waals surface area contributed by atoms with Gasteiger partial charge in [0.2, 0.25) is 0 Å². The van der Waals surface area contributed by atoms with Crippen molar-refractivity contribution in [2.75, 3.05) is 12.4 Å². The first-order valence-electron chi connectivity index (χ1n) is 8.04. The standard InChI is InChI=1S/C19H19N3O2S/c1-3-16-18(25-22-21-16)19(23)20-15-9-10-17(24-2)14(12-15)11-13-7-5-4-6-8-13/h4-10,12H,3,11H2,1-2H3,(H,20,23). The van der Waals surface area contributed by atoms with Crippen LogP contribution in [-0.4, -0.2) is 22.6 Å². The van der Waals surface area contributed by atoms with E-state index in [2.05, 4.69) is 27.0 Å². The fraction of sp³-hybridized carbons (Fsp3) is 0.211. The van der Waals surface area contributed by atoms with E-state index in [-0.39, 0.29) is 5.91 Å². The van der Waals surface area contributed by atoms with Crippen LogP contribution >= 0.6 is 11.5 Å². The lowest BCUT2D eigenvalue weighted by Gasteiger charge is -2.12. The minimum atomic E-state index is -0.178. The first-order chi connectivity index (χ1) is 12.2. The normalized spacial score (nSPS) is 10.5. The molecule has 0 atom stereocenters. The summed E-state index contributed by atoms with van der Waals surface area (Å²) < 4.78 is 9.32. The van der Waals surface area contributed by atoms with Gasteiger partial charge in [-0.3, -0.25) is 4.79 Å². The molecule has 0 aliphatic carbocycles. The highest BCUT2D eigenvalue weighted by Gasteiger charge is 2.16. The van der Waals surface area contributed by atoms with Gasteiger partial charge >= 0.3 is 0 Å². The van der Waals surface area contributed by atoms with Gasteiger partial charge in [0.25, 0.3) is 5.91 Å². The maximum Gasteiger partial charge on any atom is 0.269 e. The molecule has 5 nitrogen and oxygen atoms in total. The van der Waals surface area contributed by atoms with Crippen LogP contribution in [0.4, 0.5) is 5.69 Å². The van der Waals surface area contributed by atoms with E-state index < -0.39 is 0 Å². The number of nitrogens with zero attached hydrogens (tertiary/aromatic N) is 2. The van der Waals surface area contributed by atoms with Crippen LogP contribution in [0.25, 0.3) is 0 Å². The average molecular weight is 353 g/mol. The fourth-order valence-corrected chi connectivity index (χ4v) is 3.26. The Hall–Kier alpha value is -2.73. The average Bonchev–Trinajstić information content (AvgIpc) is 3.12. The Morgan fingerprint density at radius 3 is 2.72 bits per heavy atom. The number of carbonyl (C=O) groups is 1. The molecule has 1 heterocycles. The van der Waals surface area contributed by atoms with Crippen LogP contribution in [0.15, 0.2) is 48.5 Å². The lowest BCUT2D eigenvalue weighted by molar-refractivity contribution is 0.102. The van der Waals surface area contributed by atoms with E-state index in [1.807, 2.05) is 43.3 Å². The van der Waals surface area contributed by atoms with Crippen molar-refractivity contribution in [2.24, 2.45) is 0 Å². The molecule has 0 spiro atoms. The van der Waals surface area contributed by atoms with Crippen molar-refractivity contribution in [3.8, 4) is 5.75 Å². The van der Waals surface area contributed by atoms with Gasteiger partial charge in [-0.2, -0.15) is 0 Å². The number of methoxy groups -OCH3 is 1. The zero-order chi connectivity index (χ0) is 17.6. The number of rotatable bonds is 6. The Labute approximate surface area is 150 Å². The molecule has 25 heavy (non-hydrogen) atoms. The molecule has 1 amide bonds. The van der Waals surface area contributed by atoms with Crippen molar-refractivity contribution in [3.05, 3.63) is 70.2 Å². The fourth-order valence-electron chi connectivity index (χ4n) is 2.61. The molecule has 0 aliphatic heterocycles. The predicted octanol–water partition coefficient (Wildman–Crippen LogP) is 3.95. The van der Waals surface area contributed by atoms with E-state index in [9.17, 15) is 4.79 Å². The summed E-state index contributed by atoms with van der Waals surface area (Å²) in [6, 6.07) is 15.8. The molecule has 1 aromatic heterocycles. The molecule has 0 unspecified atom stereocenters. The minimum Gasteiger partial charge on any atom is -0.496 e. The van der Waals surface area contributed by atoms with Crippen molar-refractivity contribution in [1.82, 2.24) is 9.59 Å². The van der Waals surface area contributed by atoms with E-state index >= 15 is 0 Å². The summed E-state index contributed by atoms with van der Waals surface area (Å²) in [4.78, 5) is 13.0. The lowest BCUT2D eigenvalue weighted by atomic mass is 10.0. The van der Waals surface area contributed by atoms with Crippen LogP contribution < -0.4 is 10.1 Å². The molecule has 0 bridgehead atoms. The first kappa shape index (κ1) is 17.1. The second kappa shape index (κ2) is 7.90. The molecule has 0 aliphatic rings. The number of carbonyl (C=O) groups excluding carboxylic acids is 1. The van der Waals surface area contributed by atoms with Gasteiger partial charge in [0.05, 0.1) is 12.8 Å². The molecule has 3 aromatic rings. The SMILES string of the molecule is CCc1nnsc1C(=O)Nc1ccc(OC)c(Cc2ccccc2)c1. The highest BCUT2D eigenvalue weighted by atomic mass is 32.1. The minimum absolute atomic E-state index is 0.178. The number of aromatic nitrogens is 2. The third kappa shape index (κ3) is 4.03. The van der Waals surface area contributed by atoms with Gasteiger partial charge < -0.3 is 10.1 Å². The molecular weight excluding hydrogens is 334 g/mol. The van der Waals surface area contributed by atoms with Gasteiger partial charge in [0.15, 0.2) is 0 Å². The summed E-state index contributed by atoms with van der Waals surface area (Å²) in [5.41, 5.74) is 3.65. The summed E-state index contributed by atoms with van der Waals surface area (Å²) >= 11 is 1.12. The van der Waals surface area contributed by atoms with E-state index in [0.29, 0.717) is 11.3 Å². The third-order valence-corrected chi connectivity index (χ3v) is 4.64. The highest BCUT2D eigenvalue weighted by molar-refractivity contribution is 7.08. The van der Waals surface area contributed by atoms with Crippen LogP contribution in [0.5, 0.6) is 5.75 Å². The molecule has 2 aromatic carbocycles. The van der Waals surface area contributed by atoms with Gasteiger partial charge in [0.1, 0.15) is 10.6 Å². The van der Waals surface area contributed by atoms with E-state index in [0.717, 1.165) is 40.6 Å². The summed E-state index contributed by atoms with van der Waals surface area (Å²) in [5.74, 6) is 0.623. The smallest absolute Gasteiger partial charge is 0.269 e. The van der Waals surface area contributed by atoms with Gasteiger partial charge in [-0.15, -0.1) is 5.10 Å². The van der Waals surface area contributed by atoms with Crippen molar-refractivity contribution in [2.45, 2.75) is 19.8 Å². The molecule has 0 saturated heterocycles. The number of benzene rings is 2. The van der Waals surface area contributed by atoms with Crippen molar-refractivity contribution >= 4 is 23.1 Å². The Morgan fingerprint density at radius 1 is 1.20 bits per heavy atom. The number of amides is 1. The molecule has 1 N–H and O–H groups in total. The van der Waals surface area contributed by atoms with Crippen molar-refractivity contribution in [3.63, 3.8) is 0 Å². The summed E-state index contributed by atoms with van der Waals surface area (Å²) in [6.07, 6.45) is 1.41. The number of hydrogen-bond acceptors (Lipinski definition) is 5. The van der Waals surface area contributed by atoms with Crippen LogP contribution in [-0.2, 0) is 12.8 Å². The molecule has 3 rings (SSSR count). The molecule has 6 heteroatoms. The van der Waals surface area contributed by atoms with Gasteiger partial charge in [-0.05, 0) is 41.7 Å². The largest absolute Gasteiger partial charge is 0.496 e. The quantitative estimate of drug-likeness (QED) is 0.729. The Balaban J connectivity index is 1.83. The zero-order valence-electron chi connectivity index (χ0n) is 14.2. The number of anilines is 1. The number of ether oxygens (including phenoxy) is 1. The molecule has 128 valence electrons. The zero-order valence-corrected chi connectivity index (χ0v) is 15.0. The predicted molar refractivity (Wildman–Crippen MR) is 99.5 cm³/mol. The number of aryl methyl sites for hydroxylation is 1. The summed E-state index contributed by atoms with van der Waals surface area (Å²) in [7, 11) is 1.65. The summed E-state index contributed by atoms with van der Waals surface area (Å²) in [5, 5.41) is 6.92. The van der Waals surface area contributed by atoms with Gasteiger partial charge in [-0.25, -0.2) is 0 Å². The van der Waals surface area contributed by atoms with Gasteiger partial charge in [-0.1, -0.05) is 41.7 Å². The van der Waals surface area contributed by atoms with E-state index in [4.69, 9.17) is 4.74 Å². The number of nitrogens with one attached hydrogen (secondary N) is 1. The maximum atomic E-state index is 12.5. The van der Waals surface area contributed by atoms with Gasteiger partial charge in [0, 0.05) is 17.7 Å². The molecule has 0 fully saturated rings. The highest BCUT2D eigenvalue weighted by Crippen LogP contribution is 2.26. The number of hydrogen-bond donors (Lipinski definition) is 1. The van der Waals surface area contributed by atoms with E-state index in [1.165, 1.54) is 5.56 Å². The molecule has 0 saturated carbocycles. The van der Waals surface area contributed by atoms with Crippen LogP contribution in [0.3, 0.4) is 0 Å². The Morgan fingerprint density at radius 2 is 2.00 bits per heavy atom. The topological polar surface area (TPSA) is 64.1 Å². The monoisotopic (exact) mass is 353 g/mol. The molecule has 0 radical (unpaired) electrons. The van der Waals surface area contributed by atoms with Crippen LogP contribution in [0.2, 0.25) is 0 Å². The lowest BCUT2D eigenvalue weighted by Crippen LogP contribution is -2.12. The summed E-state index contributed by atoms with van der Waals surface area (Å²) in [6.45, 7) is 1.96. The van der Waals surface area contributed by atoms with E-state index in [1.54, 1.807) is 7.11 Å². The van der Waals surface area contributed by atoms with Crippen LogP contribution in [0.1, 0.15) is 33.4 Å². The first-order valence-corrected chi connectivity index (χ1v) is 8.82. The van der Waals surface area contributed by atoms with Crippen molar-refractivity contribution < 1.29 is 9.53 Å². The second-order valence-corrected chi connectivity index (χ2v) is 6.30. The van der Waals surface area contributed by atoms with Crippen molar-refractivity contribution in [1.29, 1.82) is 0 Å². The Bertz CT molecular complexity index is 862. The van der Waals surface area contributed by atoms with Crippen LogP contribution in [0, 0.1) is 0 Å². The third-order valence-electron chi connectivity index (χ3n) is 3.87.